The zero-order valence-electron chi connectivity index (χ0n) is 11.4. The monoisotopic (exact) mass is 265 g/mol. The number of methoxy groups -OCH3 is 1. The molecule has 1 aromatic rings. The van der Waals surface area contributed by atoms with E-state index < -0.39 is 12.0 Å². The fourth-order valence-electron chi connectivity index (χ4n) is 1.83. The SMILES string of the molecule is CCC(C(=O)O)N(C)C(=O)Cc1ccc(OC)cc1. The van der Waals surface area contributed by atoms with E-state index in [1.807, 2.05) is 0 Å². The van der Waals surface area contributed by atoms with Crippen LogP contribution in [0.15, 0.2) is 24.3 Å². The summed E-state index contributed by atoms with van der Waals surface area (Å²) in [5.41, 5.74) is 0.831. The number of carboxylic acids is 1. The summed E-state index contributed by atoms with van der Waals surface area (Å²) in [6.07, 6.45) is 0.574. The molecule has 0 saturated carbocycles. The molecule has 0 saturated heterocycles. The molecule has 0 aliphatic carbocycles. The number of carbonyl (C=O) groups is 2. The van der Waals surface area contributed by atoms with Crippen LogP contribution >= 0.6 is 0 Å². The maximum Gasteiger partial charge on any atom is 0.326 e. The van der Waals surface area contributed by atoms with Gasteiger partial charge in [0.1, 0.15) is 11.8 Å². The standard InChI is InChI=1S/C14H19NO4/c1-4-12(14(17)18)15(2)13(16)9-10-5-7-11(19-3)8-6-10/h5-8,12H,4,9H2,1-3H3,(H,17,18). The molecular formula is C14H19NO4. The van der Waals surface area contributed by atoms with E-state index in [2.05, 4.69) is 0 Å². The molecule has 0 aliphatic rings. The highest BCUT2D eigenvalue weighted by atomic mass is 16.5. The Balaban J connectivity index is 2.69. The van der Waals surface area contributed by atoms with Crippen molar-refractivity contribution in [2.75, 3.05) is 14.2 Å². The second-order valence-corrected chi connectivity index (χ2v) is 4.29. The van der Waals surface area contributed by atoms with Crippen molar-refractivity contribution < 1.29 is 19.4 Å². The van der Waals surface area contributed by atoms with Gasteiger partial charge in [0.15, 0.2) is 0 Å². The first-order chi connectivity index (χ1) is 8.99. The van der Waals surface area contributed by atoms with E-state index in [4.69, 9.17) is 9.84 Å². The Morgan fingerprint density at radius 3 is 2.32 bits per heavy atom. The van der Waals surface area contributed by atoms with E-state index in [-0.39, 0.29) is 12.3 Å². The van der Waals surface area contributed by atoms with Gasteiger partial charge in [0.25, 0.3) is 0 Å². The summed E-state index contributed by atoms with van der Waals surface area (Å²) in [7, 11) is 3.10. The zero-order valence-corrected chi connectivity index (χ0v) is 11.4. The highest BCUT2D eigenvalue weighted by Gasteiger charge is 2.24. The van der Waals surface area contributed by atoms with E-state index in [9.17, 15) is 9.59 Å². The van der Waals surface area contributed by atoms with E-state index in [1.165, 1.54) is 11.9 Å². The third-order valence-electron chi connectivity index (χ3n) is 3.05. The van der Waals surface area contributed by atoms with Crippen LogP contribution in [0.25, 0.3) is 0 Å². The van der Waals surface area contributed by atoms with Crippen molar-refractivity contribution in [3.63, 3.8) is 0 Å². The number of ether oxygens (including phenoxy) is 1. The molecule has 1 rings (SSSR count). The molecule has 0 aliphatic heterocycles. The van der Waals surface area contributed by atoms with Crippen molar-refractivity contribution in [3.8, 4) is 5.75 Å². The Kier molecular flexibility index (Phi) is 5.36. The maximum atomic E-state index is 12.0. The highest BCUT2D eigenvalue weighted by Crippen LogP contribution is 2.13. The van der Waals surface area contributed by atoms with Crippen LogP contribution in [-0.2, 0) is 16.0 Å². The molecule has 1 aromatic carbocycles. The van der Waals surface area contributed by atoms with Crippen LogP contribution in [0.1, 0.15) is 18.9 Å². The molecule has 5 heteroatoms. The Morgan fingerprint density at radius 2 is 1.89 bits per heavy atom. The second-order valence-electron chi connectivity index (χ2n) is 4.29. The molecule has 1 atom stereocenters. The average Bonchev–Trinajstić information content (AvgIpc) is 2.39. The fourth-order valence-corrected chi connectivity index (χ4v) is 1.83. The van der Waals surface area contributed by atoms with Gasteiger partial charge < -0.3 is 14.7 Å². The molecule has 19 heavy (non-hydrogen) atoms. The van der Waals surface area contributed by atoms with Crippen LogP contribution in [0.4, 0.5) is 0 Å². The van der Waals surface area contributed by atoms with E-state index in [1.54, 1.807) is 38.3 Å². The Bertz CT molecular complexity index is 441. The summed E-state index contributed by atoms with van der Waals surface area (Å²) < 4.78 is 5.04. The van der Waals surface area contributed by atoms with Gasteiger partial charge in [-0.05, 0) is 24.1 Å². The van der Waals surface area contributed by atoms with Crippen molar-refractivity contribution >= 4 is 11.9 Å². The number of hydrogen-bond acceptors (Lipinski definition) is 3. The van der Waals surface area contributed by atoms with Gasteiger partial charge in [-0.2, -0.15) is 0 Å². The predicted octanol–water partition coefficient (Wildman–Crippen LogP) is 1.56. The first kappa shape index (κ1) is 15.0. The summed E-state index contributed by atoms with van der Waals surface area (Å²) in [6, 6.07) is 6.37. The Labute approximate surface area is 112 Å². The van der Waals surface area contributed by atoms with E-state index >= 15 is 0 Å². The maximum absolute atomic E-state index is 12.0. The molecule has 1 unspecified atom stereocenters. The minimum atomic E-state index is -0.979. The molecule has 0 radical (unpaired) electrons. The predicted molar refractivity (Wildman–Crippen MR) is 71.2 cm³/mol. The van der Waals surface area contributed by atoms with Gasteiger partial charge in [-0.3, -0.25) is 4.79 Å². The van der Waals surface area contributed by atoms with Crippen molar-refractivity contribution in [2.45, 2.75) is 25.8 Å². The van der Waals surface area contributed by atoms with Gasteiger partial charge in [-0.15, -0.1) is 0 Å². The lowest BCUT2D eigenvalue weighted by molar-refractivity contribution is -0.148. The lowest BCUT2D eigenvalue weighted by Crippen LogP contribution is -2.42. The normalized spacial score (nSPS) is 11.7. The number of amides is 1. The summed E-state index contributed by atoms with van der Waals surface area (Å²) in [5, 5.41) is 9.02. The number of carboxylic acid groups (broad SMARTS) is 1. The van der Waals surface area contributed by atoms with Crippen LogP contribution < -0.4 is 4.74 Å². The molecule has 1 N–H and O–H groups in total. The number of aliphatic carboxylic acids is 1. The number of nitrogens with zero attached hydrogens (tertiary/aromatic N) is 1. The number of rotatable bonds is 6. The van der Waals surface area contributed by atoms with Crippen molar-refractivity contribution in [1.82, 2.24) is 4.90 Å². The summed E-state index contributed by atoms with van der Waals surface area (Å²) in [4.78, 5) is 24.3. The average molecular weight is 265 g/mol. The van der Waals surface area contributed by atoms with Gasteiger partial charge in [-0.25, -0.2) is 4.79 Å². The van der Waals surface area contributed by atoms with Crippen LogP contribution in [0.2, 0.25) is 0 Å². The zero-order chi connectivity index (χ0) is 14.4. The molecule has 5 nitrogen and oxygen atoms in total. The van der Waals surface area contributed by atoms with Crippen LogP contribution in [0, 0.1) is 0 Å². The molecule has 1 amide bonds. The number of benzene rings is 1. The van der Waals surface area contributed by atoms with Gasteiger partial charge in [0, 0.05) is 7.05 Å². The van der Waals surface area contributed by atoms with Crippen molar-refractivity contribution in [3.05, 3.63) is 29.8 Å². The smallest absolute Gasteiger partial charge is 0.326 e. The van der Waals surface area contributed by atoms with Crippen LogP contribution in [-0.4, -0.2) is 42.1 Å². The number of likely N-dealkylation sites (N-methyl/N-ethyl adjacent to an activating group) is 1. The number of hydrogen-bond donors (Lipinski definition) is 1. The van der Waals surface area contributed by atoms with Crippen molar-refractivity contribution in [1.29, 1.82) is 0 Å². The number of carbonyl (C=O) groups excluding carboxylic acids is 1. The summed E-state index contributed by atoms with van der Waals surface area (Å²) >= 11 is 0. The molecular weight excluding hydrogens is 246 g/mol. The summed E-state index contributed by atoms with van der Waals surface area (Å²) in [6.45, 7) is 1.75. The molecule has 0 bridgehead atoms. The molecule has 0 heterocycles. The lowest BCUT2D eigenvalue weighted by atomic mass is 10.1. The van der Waals surface area contributed by atoms with E-state index in [0.717, 1.165) is 11.3 Å². The minimum absolute atomic E-state index is 0.185. The van der Waals surface area contributed by atoms with Crippen LogP contribution in [0.3, 0.4) is 0 Å². The van der Waals surface area contributed by atoms with Gasteiger partial charge >= 0.3 is 5.97 Å². The molecule has 0 spiro atoms. The first-order valence-electron chi connectivity index (χ1n) is 6.11. The first-order valence-corrected chi connectivity index (χ1v) is 6.11. The van der Waals surface area contributed by atoms with E-state index in [0.29, 0.717) is 6.42 Å². The van der Waals surface area contributed by atoms with Crippen molar-refractivity contribution in [2.24, 2.45) is 0 Å². The topological polar surface area (TPSA) is 66.8 Å². The summed E-state index contributed by atoms with van der Waals surface area (Å²) in [5.74, 6) is -0.464. The molecule has 0 aromatic heterocycles. The quantitative estimate of drug-likeness (QED) is 0.847. The molecule has 104 valence electrons. The van der Waals surface area contributed by atoms with Gasteiger partial charge in [0.2, 0.25) is 5.91 Å². The minimum Gasteiger partial charge on any atom is -0.497 e. The highest BCUT2D eigenvalue weighted by molar-refractivity contribution is 5.84. The second kappa shape index (κ2) is 6.78. The van der Waals surface area contributed by atoms with Crippen LogP contribution in [0.5, 0.6) is 5.75 Å². The fraction of sp³-hybridized carbons (Fsp3) is 0.429. The third kappa shape index (κ3) is 3.98. The molecule has 0 fully saturated rings. The Hall–Kier alpha value is -2.04. The lowest BCUT2D eigenvalue weighted by Gasteiger charge is -2.23. The largest absolute Gasteiger partial charge is 0.497 e. The third-order valence-corrected chi connectivity index (χ3v) is 3.05. The Morgan fingerprint density at radius 1 is 1.32 bits per heavy atom. The van der Waals surface area contributed by atoms with Gasteiger partial charge in [0.05, 0.1) is 13.5 Å². The van der Waals surface area contributed by atoms with Gasteiger partial charge in [-0.1, -0.05) is 19.1 Å².